The molecule has 5 nitrogen and oxygen atoms in total. The van der Waals surface area contributed by atoms with Crippen LogP contribution < -0.4 is 10.9 Å². The van der Waals surface area contributed by atoms with Crippen LogP contribution >= 0.6 is 11.3 Å². The highest BCUT2D eigenvalue weighted by Crippen LogP contribution is 2.28. The van der Waals surface area contributed by atoms with Crippen LogP contribution in [0.25, 0.3) is 4.96 Å². The van der Waals surface area contributed by atoms with Gasteiger partial charge in [0.05, 0.1) is 0 Å². The van der Waals surface area contributed by atoms with Gasteiger partial charge in [0.25, 0.3) is 5.56 Å². The summed E-state index contributed by atoms with van der Waals surface area (Å²) >= 11 is 1.45. The van der Waals surface area contributed by atoms with Crippen molar-refractivity contribution in [3.8, 4) is 0 Å². The van der Waals surface area contributed by atoms with Gasteiger partial charge < -0.3 is 5.32 Å². The number of nitrogens with one attached hydrogen (secondary N) is 1. The second-order valence-electron chi connectivity index (χ2n) is 5.35. The molecule has 0 aromatic carbocycles. The van der Waals surface area contributed by atoms with Crippen LogP contribution in [0.1, 0.15) is 38.3 Å². The van der Waals surface area contributed by atoms with Gasteiger partial charge in [-0.3, -0.25) is 4.79 Å². The Morgan fingerprint density at radius 1 is 1.42 bits per heavy atom. The molecule has 0 saturated heterocycles. The van der Waals surface area contributed by atoms with E-state index in [1.807, 2.05) is 6.92 Å². The Balaban J connectivity index is 1.89. The zero-order valence-electron chi connectivity index (χ0n) is 11.2. The molecule has 0 radical (unpaired) electrons. The van der Waals surface area contributed by atoms with E-state index in [1.54, 1.807) is 0 Å². The van der Waals surface area contributed by atoms with Crippen LogP contribution in [0, 0.1) is 12.8 Å². The molecule has 0 spiro atoms. The van der Waals surface area contributed by atoms with Crippen molar-refractivity contribution < 1.29 is 0 Å². The van der Waals surface area contributed by atoms with Crippen molar-refractivity contribution in [2.24, 2.45) is 5.92 Å². The van der Waals surface area contributed by atoms with Crippen molar-refractivity contribution in [2.75, 3.05) is 5.32 Å². The predicted molar refractivity (Wildman–Crippen MR) is 76.9 cm³/mol. The Morgan fingerprint density at radius 2 is 2.21 bits per heavy atom. The lowest BCUT2D eigenvalue weighted by molar-refractivity contribution is 0.349. The van der Waals surface area contributed by atoms with Crippen LogP contribution in [0.15, 0.2) is 10.9 Å². The number of aromatic nitrogens is 3. The first-order chi connectivity index (χ1) is 9.13. The summed E-state index contributed by atoms with van der Waals surface area (Å²) in [4.78, 5) is 16.8. The summed E-state index contributed by atoms with van der Waals surface area (Å²) in [6.45, 7) is 4.11. The molecule has 2 aromatic rings. The first-order valence-corrected chi connectivity index (χ1v) is 7.59. The second kappa shape index (κ2) is 4.92. The molecule has 1 aliphatic carbocycles. The molecule has 1 aliphatic rings. The third-order valence-corrected chi connectivity index (χ3v) is 4.63. The Labute approximate surface area is 115 Å². The van der Waals surface area contributed by atoms with Gasteiger partial charge in [0.15, 0.2) is 0 Å². The van der Waals surface area contributed by atoms with Crippen LogP contribution in [0.3, 0.4) is 0 Å². The van der Waals surface area contributed by atoms with Crippen molar-refractivity contribution in [1.82, 2.24) is 14.6 Å². The highest BCUT2D eigenvalue weighted by molar-refractivity contribution is 7.20. The van der Waals surface area contributed by atoms with Crippen molar-refractivity contribution in [1.29, 1.82) is 0 Å². The highest BCUT2D eigenvalue weighted by Gasteiger charge is 2.22. The van der Waals surface area contributed by atoms with E-state index in [1.165, 1.54) is 47.6 Å². The van der Waals surface area contributed by atoms with E-state index in [0.717, 1.165) is 10.8 Å². The largest absolute Gasteiger partial charge is 0.357 e. The van der Waals surface area contributed by atoms with Gasteiger partial charge in [0.2, 0.25) is 10.1 Å². The third-order valence-electron chi connectivity index (χ3n) is 3.79. The molecule has 0 unspecified atom stereocenters. The first kappa shape index (κ1) is 12.6. The van der Waals surface area contributed by atoms with Gasteiger partial charge >= 0.3 is 0 Å². The average molecular weight is 278 g/mol. The van der Waals surface area contributed by atoms with E-state index in [-0.39, 0.29) is 5.56 Å². The van der Waals surface area contributed by atoms with Gasteiger partial charge in [0, 0.05) is 17.8 Å². The summed E-state index contributed by atoms with van der Waals surface area (Å²) in [6, 6.07) is 1.98. The van der Waals surface area contributed by atoms with Gasteiger partial charge in [-0.15, -0.1) is 5.10 Å². The van der Waals surface area contributed by atoms with Gasteiger partial charge in [-0.25, -0.2) is 4.98 Å². The van der Waals surface area contributed by atoms with Crippen molar-refractivity contribution in [3.05, 3.63) is 22.1 Å². The van der Waals surface area contributed by atoms with Gasteiger partial charge in [-0.05, 0) is 25.7 Å². The first-order valence-electron chi connectivity index (χ1n) is 6.77. The van der Waals surface area contributed by atoms with E-state index >= 15 is 0 Å². The number of hydrogen-bond donors (Lipinski definition) is 1. The van der Waals surface area contributed by atoms with Crippen LogP contribution in [0.5, 0.6) is 0 Å². The fourth-order valence-corrected chi connectivity index (χ4v) is 3.58. The summed E-state index contributed by atoms with van der Waals surface area (Å²) in [5, 5.41) is 8.61. The third kappa shape index (κ3) is 2.49. The van der Waals surface area contributed by atoms with Gasteiger partial charge in [0.1, 0.15) is 0 Å². The van der Waals surface area contributed by atoms with Gasteiger partial charge in [-0.2, -0.15) is 4.52 Å². The molecule has 2 aromatic heterocycles. The zero-order valence-corrected chi connectivity index (χ0v) is 12.0. The van der Waals surface area contributed by atoms with Gasteiger partial charge in [-0.1, -0.05) is 31.1 Å². The molecule has 0 bridgehead atoms. The van der Waals surface area contributed by atoms with Crippen molar-refractivity contribution >= 4 is 21.4 Å². The minimum absolute atomic E-state index is 0.108. The van der Waals surface area contributed by atoms with Crippen molar-refractivity contribution in [3.63, 3.8) is 0 Å². The lowest BCUT2D eigenvalue weighted by Gasteiger charge is -2.29. The fraction of sp³-hybridized carbons (Fsp3) is 0.615. The normalized spacial score (nSPS) is 23.7. The molecule has 2 heterocycles. The summed E-state index contributed by atoms with van der Waals surface area (Å²) in [7, 11) is 0. The van der Waals surface area contributed by atoms with Crippen LogP contribution in [-0.2, 0) is 0 Å². The molecule has 1 saturated carbocycles. The predicted octanol–water partition coefficient (Wildman–Crippen LogP) is 2.45. The molecular formula is C13H18N4OS. The van der Waals surface area contributed by atoms with Crippen LogP contribution in [-0.4, -0.2) is 20.6 Å². The molecule has 0 aliphatic heterocycles. The Kier molecular flexibility index (Phi) is 3.26. The average Bonchev–Trinajstić information content (AvgIpc) is 2.75. The Morgan fingerprint density at radius 3 is 3.00 bits per heavy atom. The quantitative estimate of drug-likeness (QED) is 0.916. The van der Waals surface area contributed by atoms with E-state index in [0.29, 0.717) is 16.9 Å². The maximum atomic E-state index is 11.8. The summed E-state index contributed by atoms with van der Waals surface area (Å²) in [5.41, 5.74) is 0.634. The Hall–Kier alpha value is -1.43. The van der Waals surface area contributed by atoms with E-state index in [4.69, 9.17) is 0 Å². The number of anilines is 1. The summed E-state index contributed by atoms with van der Waals surface area (Å²) in [5.74, 6) is 0.659. The van der Waals surface area contributed by atoms with Crippen LogP contribution in [0.2, 0.25) is 0 Å². The molecule has 19 heavy (non-hydrogen) atoms. The molecule has 1 fully saturated rings. The summed E-state index contributed by atoms with van der Waals surface area (Å²) < 4.78 is 1.38. The Bertz CT molecular complexity index is 648. The monoisotopic (exact) mass is 278 g/mol. The highest BCUT2D eigenvalue weighted by atomic mass is 32.1. The molecule has 6 heteroatoms. The minimum Gasteiger partial charge on any atom is -0.357 e. The number of aryl methyl sites for hydroxylation is 1. The molecule has 3 rings (SSSR count). The standard InChI is InChI=1S/C13H18N4OS/c1-8-5-3-4-6-10(8)15-12-16-17-11(18)7-9(2)14-13(17)19-12/h7-8,10H,3-6H2,1-2H3,(H,15,16)/t8-,10+/m1/s1. The molecule has 102 valence electrons. The van der Waals surface area contributed by atoms with Crippen molar-refractivity contribution in [2.45, 2.75) is 45.6 Å². The number of nitrogens with zero attached hydrogens (tertiary/aromatic N) is 3. The molecular weight excluding hydrogens is 260 g/mol. The summed E-state index contributed by atoms with van der Waals surface area (Å²) in [6.07, 6.45) is 5.03. The van der Waals surface area contributed by atoms with E-state index in [9.17, 15) is 4.79 Å². The lowest BCUT2D eigenvalue weighted by atomic mass is 9.86. The maximum Gasteiger partial charge on any atom is 0.275 e. The molecule has 1 N–H and O–H groups in total. The fourth-order valence-electron chi connectivity index (χ4n) is 2.67. The zero-order chi connectivity index (χ0) is 13.4. The van der Waals surface area contributed by atoms with E-state index < -0.39 is 0 Å². The van der Waals surface area contributed by atoms with Crippen LogP contribution in [0.4, 0.5) is 5.13 Å². The maximum absolute atomic E-state index is 11.8. The van der Waals surface area contributed by atoms with E-state index in [2.05, 4.69) is 22.3 Å². The lowest BCUT2D eigenvalue weighted by Crippen LogP contribution is -2.30. The topological polar surface area (TPSA) is 59.3 Å². The second-order valence-corrected chi connectivity index (χ2v) is 6.31. The SMILES string of the molecule is Cc1cc(=O)n2nc(N[C@H]3CCCC[C@H]3C)sc2n1. The number of fused-ring (bicyclic) bond motifs is 1. The smallest absolute Gasteiger partial charge is 0.275 e. The molecule has 0 amide bonds. The minimum atomic E-state index is -0.108. The number of rotatable bonds is 2. The number of hydrogen-bond acceptors (Lipinski definition) is 5. The molecule has 2 atom stereocenters.